The van der Waals surface area contributed by atoms with E-state index in [-0.39, 0.29) is 29.2 Å². The summed E-state index contributed by atoms with van der Waals surface area (Å²) in [5.41, 5.74) is 2.28. The maximum atomic E-state index is 12.3. The van der Waals surface area contributed by atoms with Gasteiger partial charge in [0.2, 0.25) is 0 Å². The molecule has 2 rings (SSSR count). The van der Waals surface area contributed by atoms with E-state index in [0.29, 0.717) is 16.8 Å². The number of carbonyl (C=O) groups is 3. The summed E-state index contributed by atoms with van der Waals surface area (Å²) in [7, 11) is 0. The van der Waals surface area contributed by atoms with Gasteiger partial charge in [-0.15, -0.1) is 0 Å². The number of amides is 1. The zero-order chi connectivity index (χ0) is 22.6. The highest BCUT2D eigenvalue weighted by Crippen LogP contribution is 2.28. The number of aromatic nitrogens is 1. The van der Waals surface area contributed by atoms with E-state index >= 15 is 0 Å². The number of ether oxygens (including phenoxy) is 2. The lowest BCUT2D eigenvalue weighted by Gasteiger charge is -2.09. The lowest BCUT2D eigenvalue weighted by Crippen LogP contribution is -2.22. The molecule has 0 saturated carbocycles. The van der Waals surface area contributed by atoms with Crippen molar-refractivity contribution in [3.05, 3.63) is 55.9 Å². The number of hydrogen-bond acceptors (Lipinski definition) is 7. The van der Waals surface area contributed by atoms with Crippen LogP contribution in [0.4, 0.5) is 11.4 Å². The van der Waals surface area contributed by atoms with E-state index < -0.39 is 29.4 Å². The average molecular weight is 417 g/mol. The molecule has 0 saturated heterocycles. The van der Waals surface area contributed by atoms with Crippen LogP contribution in [0.3, 0.4) is 0 Å². The van der Waals surface area contributed by atoms with Crippen LogP contribution in [0.15, 0.2) is 12.1 Å². The maximum Gasteiger partial charge on any atom is 0.355 e. The van der Waals surface area contributed by atoms with Gasteiger partial charge in [0, 0.05) is 11.8 Å². The molecule has 0 atom stereocenters. The minimum atomic E-state index is -0.837. The van der Waals surface area contributed by atoms with Crippen LogP contribution >= 0.6 is 0 Å². The number of carbonyl (C=O) groups excluding carboxylic acids is 3. The Kier molecular flexibility index (Phi) is 6.93. The minimum Gasteiger partial charge on any atom is -0.462 e. The van der Waals surface area contributed by atoms with Gasteiger partial charge in [-0.05, 0) is 57.4 Å². The van der Waals surface area contributed by atoms with E-state index in [2.05, 4.69) is 10.3 Å². The molecule has 1 heterocycles. The van der Waals surface area contributed by atoms with Crippen LogP contribution in [-0.2, 0) is 14.3 Å². The Morgan fingerprint density at radius 3 is 2.30 bits per heavy atom. The van der Waals surface area contributed by atoms with Crippen LogP contribution in [0.2, 0.25) is 0 Å². The lowest BCUT2D eigenvalue weighted by atomic mass is 10.1. The molecule has 0 aliphatic heterocycles. The highest BCUT2D eigenvalue weighted by atomic mass is 16.6. The summed E-state index contributed by atoms with van der Waals surface area (Å²) in [4.78, 5) is 49.9. The fraction of sp³-hybridized carbons (Fsp3) is 0.350. The molecule has 30 heavy (non-hydrogen) atoms. The third-order valence-corrected chi connectivity index (χ3v) is 4.54. The van der Waals surface area contributed by atoms with Crippen LogP contribution in [0.5, 0.6) is 0 Å². The summed E-state index contributed by atoms with van der Waals surface area (Å²) in [6.45, 7) is 7.85. The van der Waals surface area contributed by atoms with E-state index in [1.807, 2.05) is 0 Å². The number of benzene rings is 1. The lowest BCUT2D eigenvalue weighted by molar-refractivity contribution is -0.384. The Morgan fingerprint density at radius 2 is 1.70 bits per heavy atom. The fourth-order valence-electron chi connectivity index (χ4n) is 2.91. The van der Waals surface area contributed by atoms with Crippen molar-refractivity contribution in [2.75, 3.05) is 18.5 Å². The molecule has 160 valence electrons. The predicted molar refractivity (Wildman–Crippen MR) is 108 cm³/mol. The second-order valence-corrected chi connectivity index (χ2v) is 6.68. The second-order valence-electron chi connectivity index (χ2n) is 6.68. The van der Waals surface area contributed by atoms with E-state index in [9.17, 15) is 24.5 Å². The van der Waals surface area contributed by atoms with Gasteiger partial charge in [0.25, 0.3) is 11.6 Å². The molecular weight excluding hydrogens is 394 g/mol. The zero-order valence-electron chi connectivity index (χ0n) is 17.4. The zero-order valence-corrected chi connectivity index (χ0v) is 17.4. The third-order valence-electron chi connectivity index (χ3n) is 4.54. The summed E-state index contributed by atoms with van der Waals surface area (Å²) in [6, 6.07) is 2.84. The van der Waals surface area contributed by atoms with Crippen molar-refractivity contribution in [1.29, 1.82) is 0 Å². The molecule has 10 nitrogen and oxygen atoms in total. The molecule has 10 heteroatoms. The number of rotatable bonds is 7. The van der Waals surface area contributed by atoms with Gasteiger partial charge in [0.05, 0.1) is 17.1 Å². The van der Waals surface area contributed by atoms with Crippen LogP contribution in [0, 0.1) is 37.8 Å². The first kappa shape index (κ1) is 22.6. The first-order valence-electron chi connectivity index (χ1n) is 9.15. The summed E-state index contributed by atoms with van der Waals surface area (Å²) < 4.78 is 9.97. The van der Waals surface area contributed by atoms with E-state index in [4.69, 9.17) is 9.47 Å². The standard InChI is InChI=1S/C20H23N3O7/c1-6-29-19(25)17-12(4)18(21-13(17)5)20(26)30-9-16(24)22-14-7-10(2)11(3)8-15(14)23(27)28/h7-8,21H,6,9H2,1-5H3,(H,22,24). The van der Waals surface area contributed by atoms with Crippen molar-refractivity contribution >= 4 is 29.2 Å². The first-order chi connectivity index (χ1) is 14.1. The summed E-state index contributed by atoms with van der Waals surface area (Å²) in [6.07, 6.45) is 0. The van der Waals surface area contributed by atoms with Crippen molar-refractivity contribution in [2.45, 2.75) is 34.6 Å². The van der Waals surface area contributed by atoms with E-state index in [0.717, 1.165) is 5.56 Å². The fourth-order valence-corrected chi connectivity index (χ4v) is 2.91. The number of aromatic amines is 1. The number of hydrogen-bond donors (Lipinski definition) is 2. The molecule has 0 aliphatic rings. The highest BCUT2D eigenvalue weighted by molar-refractivity contribution is 6.00. The predicted octanol–water partition coefficient (Wildman–Crippen LogP) is 3.13. The van der Waals surface area contributed by atoms with Gasteiger partial charge in [-0.3, -0.25) is 14.9 Å². The Bertz CT molecular complexity index is 1020. The van der Waals surface area contributed by atoms with Crippen LogP contribution in [0.1, 0.15) is 50.2 Å². The van der Waals surface area contributed by atoms with Gasteiger partial charge < -0.3 is 19.8 Å². The van der Waals surface area contributed by atoms with Gasteiger partial charge >= 0.3 is 11.9 Å². The number of nitrogens with zero attached hydrogens (tertiary/aromatic N) is 1. The van der Waals surface area contributed by atoms with Crippen LogP contribution in [0.25, 0.3) is 0 Å². The molecule has 0 fully saturated rings. The number of nitro benzene ring substituents is 1. The highest BCUT2D eigenvalue weighted by Gasteiger charge is 2.24. The summed E-state index contributed by atoms with van der Waals surface area (Å²) in [5.74, 6) is -2.14. The number of nitro groups is 1. The number of nitrogens with one attached hydrogen (secondary N) is 2. The summed E-state index contributed by atoms with van der Waals surface area (Å²) >= 11 is 0. The largest absolute Gasteiger partial charge is 0.462 e. The Balaban J connectivity index is 2.10. The monoisotopic (exact) mass is 417 g/mol. The average Bonchev–Trinajstić information content (AvgIpc) is 2.96. The van der Waals surface area contributed by atoms with Crippen molar-refractivity contribution in [3.8, 4) is 0 Å². The smallest absolute Gasteiger partial charge is 0.355 e. The van der Waals surface area contributed by atoms with Gasteiger partial charge in [0.1, 0.15) is 11.4 Å². The second kappa shape index (κ2) is 9.21. The van der Waals surface area contributed by atoms with Gasteiger partial charge in [-0.25, -0.2) is 9.59 Å². The van der Waals surface area contributed by atoms with E-state index in [1.165, 1.54) is 12.1 Å². The van der Waals surface area contributed by atoms with Crippen LogP contribution in [-0.4, -0.2) is 41.0 Å². The minimum absolute atomic E-state index is 0.0145. The topological polar surface area (TPSA) is 141 Å². The molecule has 2 aromatic rings. The molecule has 1 amide bonds. The van der Waals surface area contributed by atoms with Crippen LogP contribution < -0.4 is 5.32 Å². The van der Waals surface area contributed by atoms with Gasteiger partial charge in [0.15, 0.2) is 6.61 Å². The molecule has 0 radical (unpaired) electrons. The quantitative estimate of drug-likeness (QED) is 0.400. The SMILES string of the molecule is CCOC(=O)c1c(C)[nH]c(C(=O)OCC(=O)Nc2cc(C)c(C)cc2[N+](=O)[O-])c1C. The Hall–Kier alpha value is -3.69. The number of H-pyrrole nitrogens is 1. The van der Waals surface area contributed by atoms with Crippen molar-refractivity contribution < 1.29 is 28.8 Å². The van der Waals surface area contributed by atoms with Crippen molar-refractivity contribution in [2.24, 2.45) is 0 Å². The first-order valence-corrected chi connectivity index (χ1v) is 9.15. The molecule has 1 aromatic heterocycles. The molecule has 0 aliphatic carbocycles. The number of aryl methyl sites for hydroxylation is 3. The maximum absolute atomic E-state index is 12.3. The normalized spacial score (nSPS) is 10.4. The molecule has 1 aromatic carbocycles. The van der Waals surface area contributed by atoms with Gasteiger partial charge in [-0.1, -0.05) is 0 Å². The molecular formula is C20H23N3O7. The number of anilines is 1. The molecule has 0 bridgehead atoms. The summed E-state index contributed by atoms with van der Waals surface area (Å²) in [5, 5.41) is 13.6. The third kappa shape index (κ3) is 4.83. The molecule has 0 unspecified atom stereocenters. The Morgan fingerprint density at radius 1 is 1.07 bits per heavy atom. The van der Waals surface area contributed by atoms with E-state index in [1.54, 1.807) is 34.6 Å². The van der Waals surface area contributed by atoms with Gasteiger partial charge in [-0.2, -0.15) is 0 Å². The molecule has 2 N–H and O–H groups in total. The molecule has 0 spiro atoms. The Labute approximate surface area is 172 Å². The number of esters is 2. The van der Waals surface area contributed by atoms with Crippen molar-refractivity contribution in [1.82, 2.24) is 4.98 Å². The van der Waals surface area contributed by atoms with Crippen molar-refractivity contribution in [3.63, 3.8) is 0 Å².